The van der Waals surface area contributed by atoms with Crippen LogP contribution in [0.4, 0.5) is 0 Å². The van der Waals surface area contributed by atoms with Crippen molar-refractivity contribution in [3.63, 3.8) is 0 Å². The molecule has 0 aliphatic heterocycles. The van der Waals surface area contributed by atoms with Crippen LogP contribution in [0.1, 0.15) is 53.9 Å². The molecule has 0 aromatic carbocycles. The molecule has 0 heterocycles. The lowest BCUT2D eigenvalue weighted by Crippen LogP contribution is -2.28. The van der Waals surface area contributed by atoms with Crippen LogP contribution < -0.4 is 5.32 Å². The monoisotopic (exact) mass is 371 g/mol. The number of rotatable bonds is 7. The van der Waals surface area contributed by atoms with Gasteiger partial charge < -0.3 is 10.1 Å². The number of esters is 1. The number of carbonyl (C=O) groups excluding carboxylic acids is 2. The Bertz CT molecular complexity index is 703. The van der Waals surface area contributed by atoms with E-state index in [1.165, 1.54) is 43.6 Å². The highest BCUT2D eigenvalue weighted by Crippen LogP contribution is 2.40. The largest absolute Gasteiger partial charge is 0.468 e. The first-order chi connectivity index (χ1) is 12.7. The zero-order chi connectivity index (χ0) is 20.4. The van der Waals surface area contributed by atoms with Crippen LogP contribution in [-0.4, -0.2) is 25.5 Å². The first-order valence-electron chi connectivity index (χ1n) is 9.42. The number of carbonyl (C=O) groups is 2. The van der Waals surface area contributed by atoms with Crippen molar-refractivity contribution in [3.8, 4) is 0 Å². The lowest BCUT2D eigenvalue weighted by atomic mass is 9.72. The first-order valence-corrected chi connectivity index (χ1v) is 9.42. The molecule has 0 saturated carbocycles. The molecule has 1 rings (SSSR count). The Morgan fingerprint density at radius 1 is 1.19 bits per heavy atom. The van der Waals surface area contributed by atoms with E-state index in [9.17, 15) is 9.59 Å². The number of nitrogens with one attached hydrogen (secondary N) is 1. The molecule has 1 aliphatic carbocycles. The van der Waals surface area contributed by atoms with Crippen molar-refractivity contribution >= 4 is 11.9 Å². The number of allylic oxidation sites excluding steroid dienone is 9. The van der Waals surface area contributed by atoms with Crippen LogP contribution >= 0.6 is 0 Å². The van der Waals surface area contributed by atoms with E-state index in [0.29, 0.717) is 0 Å². The van der Waals surface area contributed by atoms with Gasteiger partial charge in [0.05, 0.1) is 7.11 Å². The molecule has 1 aliphatic rings. The summed E-state index contributed by atoms with van der Waals surface area (Å²) in [5, 5.41) is 2.48. The molecular formula is C23H33NO3. The standard InChI is InChI=1S/C23H33NO3/c1-17(12-13-20-19(3)11-8-14-23(20,4)5)9-7-10-18(2)15-21(25)24-16-22(26)27-6/h7,9-10,12-13,15H,8,11,14,16H2,1-6H3,(H,24,25). The summed E-state index contributed by atoms with van der Waals surface area (Å²) in [5.74, 6) is -0.785. The zero-order valence-corrected chi connectivity index (χ0v) is 17.5. The van der Waals surface area contributed by atoms with Gasteiger partial charge in [-0.3, -0.25) is 9.59 Å². The van der Waals surface area contributed by atoms with Gasteiger partial charge in [0.2, 0.25) is 5.91 Å². The van der Waals surface area contributed by atoms with E-state index in [-0.39, 0.29) is 17.9 Å². The number of amides is 1. The Balaban J connectivity index is 2.66. The van der Waals surface area contributed by atoms with Crippen molar-refractivity contribution in [1.29, 1.82) is 0 Å². The van der Waals surface area contributed by atoms with Gasteiger partial charge in [-0.1, -0.05) is 55.4 Å². The minimum Gasteiger partial charge on any atom is -0.468 e. The molecule has 27 heavy (non-hydrogen) atoms. The Morgan fingerprint density at radius 3 is 2.52 bits per heavy atom. The Labute approximate surface area is 163 Å². The van der Waals surface area contributed by atoms with Gasteiger partial charge in [0.1, 0.15) is 6.54 Å². The van der Waals surface area contributed by atoms with Crippen molar-refractivity contribution in [2.24, 2.45) is 5.41 Å². The average molecular weight is 372 g/mol. The van der Waals surface area contributed by atoms with Gasteiger partial charge in [-0.2, -0.15) is 0 Å². The fraction of sp³-hybridized carbons (Fsp3) is 0.478. The maximum Gasteiger partial charge on any atom is 0.325 e. The predicted octanol–water partition coefficient (Wildman–Crippen LogP) is 4.81. The van der Waals surface area contributed by atoms with E-state index in [4.69, 9.17) is 0 Å². The molecule has 148 valence electrons. The second kappa shape index (κ2) is 10.7. The van der Waals surface area contributed by atoms with E-state index >= 15 is 0 Å². The number of ether oxygens (including phenoxy) is 1. The highest BCUT2D eigenvalue weighted by molar-refractivity contribution is 5.91. The van der Waals surface area contributed by atoms with Gasteiger partial charge in [-0.15, -0.1) is 0 Å². The summed E-state index contributed by atoms with van der Waals surface area (Å²) in [6, 6.07) is 0. The van der Waals surface area contributed by atoms with Crippen molar-refractivity contribution < 1.29 is 14.3 Å². The third-order valence-corrected chi connectivity index (χ3v) is 4.77. The second-order valence-electron chi connectivity index (χ2n) is 7.72. The van der Waals surface area contributed by atoms with Gasteiger partial charge in [-0.05, 0) is 56.6 Å². The fourth-order valence-electron chi connectivity index (χ4n) is 3.17. The topological polar surface area (TPSA) is 55.4 Å². The normalized spacial score (nSPS) is 18.3. The third-order valence-electron chi connectivity index (χ3n) is 4.77. The van der Waals surface area contributed by atoms with E-state index < -0.39 is 5.97 Å². The van der Waals surface area contributed by atoms with E-state index in [1.807, 2.05) is 25.2 Å². The maximum absolute atomic E-state index is 11.7. The van der Waals surface area contributed by atoms with Crippen LogP contribution in [0.15, 0.2) is 58.7 Å². The van der Waals surface area contributed by atoms with Gasteiger partial charge in [-0.25, -0.2) is 0 Å². The van der Waals surface area contributed by atoms with E-state index in [0.717, 1.165) is 11.1 Å². The molecule has 1 N–H and O–H groups in total. The van der Waals surface area contributed by atoms with Crippen LogP contribution in [0, 0.1) is 5.41 Å². The molecule has 1 amide bonds. The number of methoxy groups -OCH3 is 1. The maximum atomic E-state index is 11.7. The number of hydrogen-bond donors (Lipinski definition) is 1. The van der Waals surface area contributed by atoms with E-state index in [1.54, 1.807) is 0 Å². The highest BCUT2D eigenvalue weighted by Gasteiger charge is 2.26. The molecule has 0 aromatic heterocycles. The minimum atomic E-state index is -0.471. The zero-order valence-electron chi connectivity index (χ0n) is 17.5. The summed E-state index contributed by atoms with van der Waals surface area (Å²) in [4.78, 5) is 22.7. The van der Waals surface area contributed by atoms with Gasteiger partial charge in [0.25, 0.3) is 0 Å². The van der Waals surface area contributed by atoms with Crippen LogP contribution in [0.3, 0.4) is 0 Å². The third kappa shape index (κ3) is 8.25. The van der Waals surface area contributed by atoms with Crippen molar-refractivity contribution in [3.05, 3.63) is 58.7 Å². The number of hydrogen-bond acceptors (Lipinski definition) is 3. The first kappa shape index (κ1) is 22.7. The highest BCUT2D eigenvalue weighted by atomic mass is 16.5. The van der Waals surface area contributed by atoms with Gasteiger partial charge >= 0.3 is 5.97 Å². The Morgan fingerprint density at radius 2 is 1.89 bits per heavy atom. The van der Waals surface area contributed by atoms with Crippen molar-refractivity contribution in [1.82, 2.24) is 5.32 Å². The molecule has 0 aromatic rings. The van der Waals surface area contributed by atoms with E-state index in [2.05, 4.69) is 49.9 Å². The van der Waals surface area contributed by atoms with Crippen LogP contribution in [-0.2, 0) is 14.3 Å². The summed E-state index contributed by atoms with van der Waals surface area (Å²) in [5.41, 5.74) is 5.13. The SMILES string of the molecule is COC(=O)CNC(=O)C=C(C)C=CC=C(C)C=CC1=C(C)CCCC1(C)C. The molecule has 0 saturated heterocycles. The smallest absolute Gasteiger partial charge is 0.325 e. The summed E-state index contributed by atoms with van der Waals surface area (Å²) in [7, 11) is 1.29. The quantitative estimate of drug-likeness (QED) is 0.397. The fourth-order valence-corrected chi connectivity index (χ4v) is 3.17. The lowest BCUT2D eigenvalue weighted by Gasteiger charge is -2.32. The summed E-state index contributed by atoms with van der Waals surface area (Å²) in [6.07, 6.45) is 15.4. The summed E-state index contributed by atoms with van der Waals surface area (Å²) >= 11 is 0. The molecule has 0 unspecified atom stereocenters. The molecular weight excluding hydrogens is 338 g/mol. The van der Waals surface area contributed by atoms with Crippen molar-refractivity contribution in [2.75, 3.05) is 13.7 Å². The minimum absolute atomic E-state index is 0.127. The summed E-state index contributed by atoms with van der Waals surface area (Å²) in [6.45, 7) is 10.6. The molecule has 0 fully saturated rings. The average Bonchev–Trinajstić information content (AvgIpc) is 2.58. The Kier molecular flexibility index (Phi) is 8.99. The van der Waals surface area contributed by atoms with Crippen LogP contribution in [0.5, 0.6) is 0 Å². The molecule has 4 nitrogen and oxygen atoms in total. The van der Waals surface area contributed by atoms with Gasteiger partial charge in [0, 0.05) is 6.08 Å². The molecule has 0 atom stereocenters. The van der Waals surface area contributed by atoms with Crippen molar-refractivity contribution in [2.45, 2.75) is 53.9 Å². The lowest BCUT2D eigenvalue weighted by molar-refractivity contribution is -0.140. The second-order valence-corrected chi connectivity index (χ2v) is 7.72. The van der Waals surface area contributed by atoms with Crippen LogP contribution in [0.2, 0.25) is 0 Å². The molecule has 0 radical (unpaired) electrons. The predicted molar refractivity (Wildman–Crippen MR) is 111 cm³/mol. The van der Waals surface area contributed by atoms with Crippen LogP contribution in [0.25, 0.3) is 0 Å². The summed E-state index contributed by atoms with van der Waals surface area (Å²) < 4.78 is 4.48. The molecule has 4 heteroatoms. The van der Waals surface area contributed by atoms with Gasteiger partial charge in [0.15, 0.2) is 0 Å². The molecule has 0 bridgehead atoms. The Hall–Kier alpha value is -2.36. The molecule has 0 spiro atoms.